The maximum atomic E-state index is 13.4. The summed E-state index contributed by atoms with van der Waals surface area (Å²) in [6, 6.07) is 8.87. The fraction of sp³-hybridized carbons (Fsp3) is 0.417. The number of amides is 2. The fourth-order valence-electron chi connectivity index (χ4n) is 4.86. The molecule has 3 aromatic rings. The van der Waals surface area contributed by atoms with E-state index in [1.165, 1.54) is 11.4 Å². The molecule has 1 fully saturated rings. The highest BCUT2D eigenvalue weighted by Gasteiger charge is 2.31. The Morgan fingerprint density at radius 3 is 2.82 bits per heavy atom. The number of carbonyl (C=O) groups is 2. The first-order valence-electron chi connectivity index (χ1n) is 11.3. The number of carbonyl (C=O) groups excluding carboxylic acids is 2. The van der Waals surface area contributed by atoms with Gasteiger partial charge in [-0.2, -0.15) is 0 Å². The first-order chi connectivity index (χ1) is 16.0. The van der Waals surface area contributed by atoms with E-state index in [0.717, 1.165) is 30.7 Å². The third-order valence-electron chi connectivity index (χ3n) is 6.67. The highest BCUT2D eigenvalue weighted by atomic mass is 16.5. The summed E-state index contributed by atoms with van der Waals surface area (Å²) in [5.41, 5.74) is 3.03. The topological polar surface area (TPSA) is 100 Å². The smallest absolute Gasteiger partial charge is 0.277 e. The number of likely N-dealkylation sites (tertiary alicyclic amines) is 1. The second-order valence-electron chi connectivity index (χ2n) is 8.68. The van der Waals surface area contributed by atoms with Crippen LogP contribution in [0.25, 0.3) is 5.65 Å². The van der Waals surface area contributed by atoms with Crippen LogP contribution in [0.1, 0.15) is 59.5 Å². The number of aromatic amines is 1. The predicted octanol–water partition coefficient (Wildman–Crippen LogP) is 2.30. The second-order valence-corrected chi connectivity index (χ2v) is 8.68. The lowest BCUT2D eigenvalue weighted by Gasteiger charge is -2.35. The molecule has 2 aliphatic rings. The normalized spacial score (nSPS) is 18.3. The Balaban J connectivity index is 1.51. The molecule has 33 heavy (non-hydrogen) atoms. The van der Waals surface area contributed by atoms with Gasteiger partial charge in [0.1, 0.15) is 5.75 Å². The fourth-order valence-corrected chi connectivity index (χ4v) is 4.86. The number of aromatic nitrogens is 3. The summed E-state index contributed by atoms with van der Waals surface area (Å²) >= 11 is 0. The lowest BCUT2D eigenvalue weighted by molar-refractivity contribution is -0.129. The largest absolute Gasteiger partial charge is 0.497 e. The summed E-state index contributed by atoms with van der Waals surface area (Å²) in [7, 11) is 1.58. The number of ether oxygens (including phenoxy) is 1. The molecule has 1 aromatic carbocycles. The quantitative estimate of drug-likeness (QED) is 0.661. The van der Waals surface area contributed by atoms with Gasteiger partial charge in [0.15, 0.2) is 5.65 Å². The van der Waals surface area contributed by atoms with E-state index in [9.17, 15) is 14.4 Å². The van der Waals surface area contributed by atoms with Gasteiger partial charge in [0.25, 0.3) is 11.5 Å². The maximum Gasteiger partial charge on any atom is 0.277 e. The van der Waals surface area contributed by atoms with Crippen LogP contribution in [0.3, 0.4) is 0 Å². The van der Waals surface area contributed by atoms with Crippen molar-refractivity contribution in [3.05, 3.63) is 63.2 Å². The minimum absolute atomic E-state index is 0.0498. The van der Waals surface area contributed by atoms with Crippen molar-refractivity contribution in [2.24, 2.45) is 0 Å². The average Bonchev–Trinajstić information content (AvgIpc) is 3.28. The minimum Gasteiger partial charge on any atom is -0.497 e. The van der Waals surface area contributed by atoms with Crippen LogP contribution in [-0.4, -0.2) is 56.4 Å². The second kappa shape index (κ2) is 8.38. The van der Waals surface area contributed by atoms with Crippen molar-refractivity contribution in [2.45, 2.75) is 45.2 Å². The molecule has 9 nitrogen and oxygen atoms in total. The molecule has 0 spiro atoms. The Morgan fingerprint density at radius 1 is 1.18 bits per heavy atom. The first kappa shape index (κ1) is 21.2. The van der Waals surface area contributed by atoms with Gasteiger partial charge in [-0.25, -0.2) is 9.50 Å². The summed E-state index contributed by atoms with van der Waals surface area (Å²) in [6.45, 7) is 2.99. The van der Waals surface area contributed by atoms with Crippen molar-refractivity contribution < 1.29 is 14.3 Å². The third-order valence-corrected chi connectivity index (χ3v) is 6.67. The highest BCUT2D eigenvalue weighted by Crippen LogP contribution is 2.32. The molecule has 0 bridgehead atoms. The molecule has 5 rings (SSSR count). The minimum atomic E-state index is -0.186. The Kier molecular flexibility index (Phi) is 5.39. The van der Waals surface area contributed by atoms with Gasteiger partial charge in [0, 0.05) is 38.1 Å². The van der Waals surface area contributed by atoms with E-state index in [0.29, 0.717) is 42.0 Å². The average molecular weight is 450 g/mol. The summed E-state index contributed by atoms with van der Waals surface area (Å²) in [6.07, 6.45) is 3.29. The van der Waals surface area contributed by atoms with Gasteiger partial charge in [-0.1, -0.05) is 6.07 Å². The van der Waals surface area contributed by atoms with Gasteiger partial charge >= 0.3 is 0 Å². The monoisotopic (exact) mass is 449 g/mol. The number of piperidine rings is 1. The SMILES string of the molecule is COc1cccc(C(=O)N2CCCC[C@H]2c2cc3nc4c(c(=O)n3[nH]2)CN(C(C)=O)CC4)c1. The van der Waals surface area contributed by atoms with E-state index in [1.54, 1.807) is 24.1 Å². The van der Waals surface area contributed by atoms with Crippen LogP contribution in [-0.2, 0) is 17.8 Å². The van der Waals surface area contributed by atoms with Crippen LogP contribution in [0.2, 0.25) is 0 Å². The zero-order valence-corrected chi connectivity index (χ0v) is 18.8. The molecular formula is C24H27N5O4. The number of methoxy groups -OCH3 is 1. The van der Waals surface area contributed by atoms with Crippen molar-refractivity contribution in [3.8, 4) is 5.75 Å². The maximum absolute atomic E-state index is 13.4. The zero-order valence-electron chi connectivity index (χ0n) is 18.8. The number of nitrogens with zero attached hydrogens (tertiary/aromatic N) is 4. The number of fused-ring (bicyclic) bond motifs is 2. The summed E-state index contributed by atoms with van der Waals surface area (Å²) in [4.78, 5) is 46.6. The molecule has 1 N–H and O–H groups in total. The van der Waals surface area contributed by atoms with Gasteiger partial charge in [-0.05, 0) is 37.5 Å². The molecule has 0 saturated carbocycles. The molecule has 1 saturated heterocycles. The number of H-pyrrole nitrogens is 1. The molecule has 0 radical (unpaired) electrons. The van der Waals surface area contributed by atoms with Gasteiger partial charge < -0.3 is 14.5 Å². The lowest BCUT2D eigenvalue weighted by atomic mass is 9.98. The summed E-state index contributed by atoms with van der Waals surface area (Å²) in [5, 5.41) is 3.21. The Bertz CT molecular complexity index is 1290. The van der Waals surface area contributed by atoms with E-state index in [-0.39, 0.29) is 30.0 Å². The number of benzene rings is 1. The molecule has 9 heteroatoms. The van der Waals surface area contributed by atoms with E-state index in [1.807, 2.05) is 23.1 Å². The van der Waals surface area contributed by atoms with E-state index >= 15 is 0 Å². The Hall–Kier alpha value is -3.62. The van der Waals surface area contributed by atoms with Crippen LogP contribution in [0.15, 0.2) is 35.1 Å². The molecule has 0 unspecified atom stereocenters. The van der Waals surface area contributed by atoms with Crippen molar-refractivity contribution >= 4 is 17.5 Å². The molecule has 4 heterocycles. The molecule has 2 aliphatic heterocycles. The van der Waals surface area contributed by atoms with E-state index < -0.39 is 0 Å². The molecule has 172 valence electrons. The molecule has 2 aromatic heterocycles. The van der Waals surface area contributed by atoms with Crippen LogP contribution in [0, 0.1) is 0 Å². The molecule has 0 aliphatic carbocycles. The number of hydrogen-bond donors (Lipinski definition) is 1. The first-order valence-corrected chi connectivity index (χ1v) is 11.3. The van der Waals surface area contributed by atoms with Crippen LogP contribution >= 0.6 is 0 Å². The highest BCUT2D eigenvalue weighted by molar-refractivity contribution is 5.95. The number of hydrogen-bond acceptors (Lipinski definition) is 5. The summed E-state index contributed by atoms with van der Waals surface area (Å²) < 4.78 is 6.73. The van der Waals surface area contributed by atoms with Crippen molar-refractivity contribution in [2.75, 3.05) is 20.2 Å². The predicted molar refractivity (Wildman–Crippen MR) is 121 cm³/mol. The van der Waals surface area contributed by atoms with Crippen LogP contribution < -0.4 is 10.3 Å². The van der Waals surface area contributed by atoms with Gasteiger partial charge in [-0.15, -0.1) is 0 Å². The van der Waals surface area contributed by atoms with Crippen molar-refractivity contribution in [1.82, 2.24) is 24.4 Å². The third kappa shape index (κ3) is 3.77. The van der Waals surface area contributed by atoms with Crippen LogP contribution in [0.5, 0.6) is 5.75 Å². The van der Waals surface area contributed by atoms with Gasteiger partial charge in [0.2, 0.25) is 5.91 Å². The summed E-state index contributed by atoms with van der Waals surface area (Å²) in [5.74, 6) is 0.529. The molecule has 2 amide bonds. The van der Waals surface area contributed by atoms with Crippen LogP contribution in [0.4, 0.5) is 0 Å². The number of rotatable bonds is 3. The zero-order chi connectivity index (χ0) is 23.1. The van der Waals surface area contributed by atoms with Crippen molar-refractivity contribution in [1.29, 1.82) is 0 Å². The lowest BCUT2D eigenvalue weighted by Crippen LogP contribution is -2.39. The molecular weight excluding hydrogens is 422 g/mol. The Labute approximate surface area is 190 Å². The Morgan fingerprint density at radius 2 is 2.03 bits per heavy atom. The van der Waals surface area contributed by atoms with Gasteiger partial charge in [0.05, 0.1) is 36.6 Å². The van der Waals surface area contributed by atoms with Crippen molar-refractivity contribution in [3.63, 3.8) is 0 Å². The number of nitrogens with one attached hydrogen (secondary N) is 1. The van der Waals surface area contributed by atoms with Gasteiger partial charge in [-0.3, -0.25) is 19.5 Å². The molecule has 1 atom stereocenters. The standard InChI is InChI=1S/C24H27N5O4/c1-15(30)27-11-9-19-18(14-27)24(32)29-22(25-19)13-20(26-29)21-8-3-4-10-28(21)23(31)16-6-5-7-17(12-16)33-2/h5-7,12-13,21,26H,3-4,8-11,14H2,1-2H3/t21-/m0/s1. The van der Waals surface area contributed by atoms with E-state index in [2.05, 4.69) is 5.10 Å². The van der Waals surface area contributed by atoms with E-state index in [4.69, 9.17) is 9.72 Å².